The summed E-state index contributed by atoms with van der Waals surface area (Å²) in [6.07, 6.45) is 1.28. The monoisotopic (exact) mass is 369 g/mol. The number of nitrogens with zero attached hydrogens (tertiary/aromatic N) is 3. The van der Waals surface area contributed by atoms with Crippen LogP contribution in [0.15, 0.2) is 42.6 Å². The van der Waals surface area contributed by atoms with Crippen LogP contribution in [0.3, 0.4) is 0 Å². The zero-order valence-corrected chi connectivity index (χ0v) is 14.8. The highest BCUT2D eigenvalue weighted by Gasteiger charge is 2.30. The van der Waals surface area contributed by atoms with Gasteiger partial charge in [0.1, 0.15) is 13.2 Å². The molecule has 0 spiro atoms. The van der Waals surface area contributed by atoms with E-state index in [9.17, 15) is 9.59 Å². The molecule has 1 aromatic heterocycles. The Morgan fingerprint density at radius 1 is 1.19 bits per heavy atom. The second-order valence-corrected chi connectivity index (χ2v) is 6.37. The number of hydrogen-bond acceptors (Lipinski definition) is 6. The minimum absolute atomic E-state index is 0.104. The van der Waals surface area contributed by atoms with E-state index in [1.54, 1.807) is 25.4 Å². The zero-order valence-electron chi connectivity index (χ0n) is 14.8. The van der Waals surface area contributed by atoms with E-state index in [0.29, 0.717) is 36.2 Å². The van der Waals surface area contributed by atoms with Gasteiger partial charge in [0.2, 0.25) is 5.91 Å². The van der Waals surface area contributed by atoms with Crippen molar-refractivity contribution in [2.45, 2.75) is 6.10 Å². The molecule has 4 rings (SSSR count). The van der Waals surface area contributed by atoms with Crippen molar-refractivity contribution >= 4 is 17.6 Å². The molecule has 2 aliphatic heterocycles. The normalized spacial score (nSPS) is 17.7. The minimum Gasteiger partial charge on any atom is -0.486 e. The van der Waals surface area contributed by atoms with Gasteiger partial charge in [-0.15, -0.1) is 0 Å². The van der Waals surface area contributed by atoms with Gasteiger partial charge in [0.15, 0.2) is 35.8 Å². The van der Waals surface area contributed by atoms with E-state index >= 15 is 0 Å². The molecule has 8 heteroatoms. The number of carbonyl (C=O) groups is 2. The quantitative estimate of drug-likeness (QED) is 0.803. The summed E-state index contributed by atoms with van der Waals surface area (Å²) in [6, 6.07) is 10.9. The molecule has 0 N–H and O–H groups in total. The molecule has 0 bridgehead atoms. The van der Waals surface area contributed by atoms with Gasteiger partial charge in [-0.2, -0.15) is 0 Å². The fourth-order valence-electron chi connectivity index (χ4n) is 3.01. The Labute approximate surface area is 156 Å². The standard InChI is InChI=1S/C19H19N3O5/c1-21(9-13-11-25-14-5-2-3-6-15(14)27-13)17(23)10-22-18(24)12-26-16-7-4-8-20-19(16)22/h2-8,13H,9-12H2,1H3/t13-/m1/s1. The molecule has 0 saturated heterocycles. The molecule has 0 fully saturated rings. The van der Waals surface area contributed by atoms with Gasteiger partial charge >= 0.3 is 0 Å². The van der Waals surface area contributed by atoms with Gasteiger partial charge in [-0.25, -0.2) is 4.98 Å². The molecule has 2 aliphatic rings. The highest BCUT2D eigenvalue weighted by molar-refractivity contribution is 6.01. The Bertz CT molecular complexity index is 872. The van der Waals surface area contributed by atoms with Crippen molar-refractivity contribution in [3.63, 3.8) is 0 Å². The average Bonchev–Trinajstić information content (AvgIpc) is 2.70. The van der Waals surface area contributed by atoms with E-state index in [2.05, 4.69) is 4.98 Å². The molecule has 3 heterocycles. The largest absolute Gasteiger partial charge is 0.486 e. The first-order chi connectivity index (χ1) is 13.1. The fourth-order valence-corrected chi connectivity index (χ4v) is 3.01. The first-order valence-corrected chi connectivity index (χ1v) is 8.62. The summed E-state index contributed by atoms with van der Waals surface area (Å²) in [4.78, 5) is 31.9. The third-order valence-electron chi connectivity index (χ3n) is 4.42. The first kappa shape index (κ1) is 17.1. The minimum atomic E-state index is -0.297. The molecule has 1 aromatic carbocycles. The molecular formula is C19H19N3O5. The van der Waals surface area contributed by atoms with E-state index in [4.69, 9.17) is 14.2 Å². The number of anilines is 1. The van der Waals surface area contributed by atoms with Crippen LogP contribution >= 0.6 is 0 Å². The maximum atomic E-state index is 12.7. The number of rotatable bonds is 4. The second-order valence-electron chi connectivity index (χ2n) is 6.37. The van der Waals surface area contributed by atoms with Crippen molar-refractivity contribution in [1.82, 2.24) is 9.88 Å². The second kappa shape index (κ2) is 7.14. The maximum Gasteiger partial charge on any atom is 0.266 e. The highest BCUT2D eigenvalue weighted by atomic mass is 16.6. The van der Waals surface area contributed by atoms with Gasteiger partial charge in [-0.3, -0.25) is 14.5 Å². The van der Waals surface area contributed by atoms with Crippen molar-refractivity contribution in [2.75, 3.05) is 38.3 Å². The molecule has 2 amide bonds. The molecule has 0 radical (unpaired) electrons. The van der Waals surface area contributed by atoms with Crippen LogP contribution in [-0.2, 0) is 9.59 Å². The Morgan fingerprint density at radius 3 is 2.81 bits per heavy atom. The highest BCUT2D eigenvalue weighted by Crippen LogP contribution is 2.31. The molecule has 0 saturated carbocycles. The van der Waals surface area contributed by atoms with Gasteiger partial charge in [0.05, 0.1) is 6.54 Å². The number of ether oxygens (including phenoxy) is 3. The molecule has 0 aliphatic carbocycles. The molecule has 1 atom stereocenters. The lowest BCUT2D eigenvalue weighted by molar-refractivity contribution is -0.132. The van der Waals surface area contributed by atoms with Crippen molar-refractivity contribution in [2.24, 2.45) is 0 Å². The molecule has 27 heavy (non-hydrogen) atoms. The Kier molecular flexibility index (Phi) is 4.53. The summed E-state index contributed by atoms with van der Waals surface area (Å²) < 4.78 is 16.9. The van der Waals surface area contributed by atoms with Crippen LogP contribution in [0, 0.1) is 0 Å². The van der Waals surface area contributed by atoms with Crippen molar-refractivity contribution in [3.8, 4) is 17.2 Å². The van der Waals surface area contributed by atoms with Crippen LogP contribution in [0.2, 0.25) is 0 Å². The number of carbonyl (C=O) groups excluding carboxylic acids is 2. The van der Waals surface area contributed by atoms with Crippen LogP contribution in [0.25, 0.3) is 0 Å². The van der Waals surface area contributed by atoms with Gasteiger partial charge in [0.25, 0.3) is 5.91 Å². The van der Waals surface area contributed by atoms with Gasteiger partial charge < -0.3 is 19.1 Å². The summed E-state index contributed by atoms with van der Waals surface area (Å²) in [5.41, 5.74) is 0. The first-order valence-electron chi connectivity index (χ1n) is 8.62. The van der Waals surface area contributed by atoms with Crippen molar-refractivity contribution < 1.29 is 23.8 Å². The maximum absolute atomic E-state index is 12.7. The summed E-state index contributed by atoms with van der Waals surface area (Å²) in [6.45, 7) is 0.495. The van der Waals surface area contributed by atoms with E-state index in [1.807, 2.05) is 24.3 Å². The van der Waals surface area contributed by atoms with Gasteiger partial charge in [-0.05, 0) is 24.3 Å². The number of benzene rings is 1. The topological polar surface area (TPSA) is 81.2 Å². The van der Waals surface area contributed by atoms with Crippen LogP contribution in [0.5, 0.6) is 17.2 Å². The average molecular weight is 369 g/mol. The van der Waals surface area contributed by atoms with E-state index in [1.165, 1.54) is 9.80 Å². The number of hydrogen-bond donors (Lipinski definition) is 0. The van der Waals surface area contributed by atoms with Crippen LogP contribution in [0.1, 0.15) is 0 Å². The lowest BCUT2D eigenvalue weighted by atomic mass is 10.2. The van der Waals surface area contributed by atoms with E-state index in [0.717, 1.165) is 0 Å². The molecular weight excluding hydrogens is 350 g/mol. The Hall–Kier alpha value is -3.29. The smallest absolute Gasteiger partial charge is 0.266 e. The summed E-state index contributed by atoms with van der Waals surface area (Å²) >= 11 is 0. The van der Waals surface area contributed by atoms with Gasteiger partial charge in [0, 0.05) is 13.2 Å². The number of likely N-dealkylation sites (N-methyl/N-ethyl adjacent to an activating group) is 1. The number of pyridine rings is 1. The van der Waals surface area contributed by atoms with Crippen molar-refractivity contribution in [3.05, 3.63) is 42.6 Å². The number of aromatic nitrogens is 1. The Balaban J connectivity index is 1.40. The van der Waals surface area contributed by atoms with Crippen LogP contribution in [0.4, 0.5) is 5.82 Å². The molecule has 140 valence electrons. The predicted octanol–water partition coefficient (Wildman–Crippen LogP) is 1.11. The zero-order chi connectivity index (χ0) is 18.8. The van der Waals surface area contributed by atoms with E-state index < -0.39 is 0 Å². The lowest BCUT2D eigenvalue weighted by Crippen LogP contribution is -2.48. The number of amides is 2. The van der Waals surface area contributed by atoms with E-state index in [-0.39, 0.29) is 31.1 Å². The Morgan fingerprint density at radius 2 is 1.96 bits per heavy atom. The number of para-hydroxylation sites is 2. The van der Waals surface area contributed by atoms with Crippen LogP contribution in [-0.4, -0.2) is 61.2 Å². The molecule has 8 nitrogen and oxygen atoms in total. The summed E-state index contributed by atoms with van der Waals surface area (Å²) in [5, 5.41) is 0. The fraction of sp³-hybridized carbons (Fsp3) is 0.316. The van der Waals surface area contributed by atoms with Crippen LogP contribution < -0.4 is 19.1 Å². The van der Waals surface area contributed by atoms with Crippen molar-refractivity contribution in [1.29, 1.82) is 0 Å². The third-order valence-corrected chi connectivity index (χ3v) is 4.42. The number of fused-ring (bicyclic) bond motifs is 2. The molecule has 0 unspecified atom stereocenters. The summed E-state index contributed by atoms with van der Waals surface area (Å²) in [7, 11) is 1.68. The third kappa shape index (κ3) is 3.51. The van der Waals surface area contributed by atoms with Gasteiger partial charge in [-0.1, -0.05) is 12.1 Å². The SMILES string of the molecule is CN(C[C@@H]1COc2ccccc2O1)C(=O)CN1C(=O)COc2cccnc21. The molecule has 2 aromatic rings. The summed E-state index contributed by atoms with van der Waals surface area (Å²) in [5.74, 6) is 1.70. The predicted molar refractivity (Wildman–Crippen MR) is 96.1 cm³/mol. The lowest BCUT2D eigenvalue weighted by Gasteiger charge is -2.31.